The van der Waals surface area contributed by atoms with Gasteiger partial charge in [0.25, 0.3) is 5.91 Å². The molecule has 0 fully saturated rings. The fourth-order valence-corrected chi connectivity index (χ4v) is 3.73. The first-order valence-electron chi connectivity index (χ1n) is 11.4. The number of hydrogen-bond donors (Lipinski definition) is 1. The van der Waals surface area contributed by atoms with E-state index in [2.05, 4.69) is 11.4 Å². The second-order valence-corrected chi connectivity index (χ2v) is 8.98. The lowest BCUT2D eigenvalue weighted by Crippen LogP contribution is -2.41. The molecule has 0 saturated carbocycles. The molecule has 0 saturated heterocycles. The van der Waals surface area contributed by atoms with Crippen LogP contribution in [-0.2, 0) is 14.3 Å². The van der Waals surface area contributed by atoms with Crippen molar-refractivity contribution < 1.29 is 23.5 Å². The monoisotopic (exact) mass is 514 g/mol. The van der Waals surface area contributed by atoms with Gasteiger partial charge in [0.15, 0.2) is 12.2 Å². The van der Waals surface area contributed by atoms with Gasteiger partial charge in [0.05, 0.1) is 0 Å². The number of rotatable bonds is 8. The van der Waals surface area contributed by atoms with E-state index < -0.39 is 24.1 Å². The number of nitriles is 1. The molecule has 0 aliphatic heterocycles. The number of esters is 1. The fraction of sp³-hybridized carbons (Fsp3) is 0.138. The van der Waals surface area contributed by atoms with Crippen molar-refractivity contribution in [2.24, 2.45) is 0 Å². The number of nitrogens with zero attached hydrogens (tertiary/aromatic N) is 1. The summed E-state index contributed by atoms with van der Waals surface area (Å²) in [7, 11) is 0. The van der Waals surface area contributed by atoms with Crippen molar-refractivity contribution in [3.05, 3.63) is 95.5 Å². The number of hydrogen-bond acceptors (Lipinski definition) is 6. The summed E-state index contributed by atoms with van der Waals surface area (Å²) in [6.45, 7) is 2.46. The molecule has 8 heteroatoms. The molecule has 0 radical (unpaired) electrons. The van der Waals surface area contributed by atoms with E-state index in [0.29, 0.717) is 22.1 Å². The van der Waals surface area contributed by atoms with Gasteiger partial charge in [-0.2, -0.15) is 5.26 Å². The van der Waals surface area contributed by atoms with Crippen molar-refractivity contribution in [3.63, 3.8) is 0 Å². The Balaban J connectivity index is 1.51. The van der Waals surface area contributed by atoms with Gasteiger partial charge >= 0.3 is 5.97 Å². The highest BCUT2D eigenvalue weighted by Gasteiger charge is 2.33. The van der Waals surface area contributed by atoms with Crippen molar-refractivity contribution in [2.75, 3.05) is 11.9 Å². The van der Waals surface area contributed by atoms with Crippen LogP contribution in [0.1, 0.15) is 19.4 Å². The normalized spacial score (nSPS) is 10.9. The number of halogens is 1. The molecule has 37 heavy (non-hydrogen) atoms. The average Bonchev–Trinajstić information content (AvgIpc) is 3.27. The van der Waals surface area contributed by atoms with Gasteiger partial charge in [-0.15, -0.1) is 0 Å². The summed E-state index contributed by atoms with van der Waals surface area (Å²) >= 11 is 5.88. The van der Waals surface area contributed by atoms with E-state index in [0.717, 1.165) is 11.1 Å². The third kappa shape index (κ3) is 6.00. The number of furan rings is 1. The number of ether oxygens (including phenoxy) is 2. The molecule has 1 N–H and O–H groups in total. The molecule has 186 valence electrons. The third-order valence-electron chi connectivity index (χ3n) is 5.38. The molecular weight excluding hydrogens is 492 g/mol. The molecule has 1 heterocycles. The molecule has 0 atom stereocenters. The maximum Gasteiger partial charge on any atom is 0.350 e. The largest absolute Gasteiger partial charge is 0.476 e. The lowest BCUT2D eigenvalue weighted by Gasteiger charge is -2.24. The smallest absolute Gasteiger partial charge is 0.350 e. The summed E-state index contributed by atoms with van der Waals surface area (Å²) in [5.74, 6) is -0.578. The summed E-state index contributed by atoms with van der Waals surface area (Å²) in [5.41, 5.74) is 0.855. The Morgan fingerprint density at radius 1 is 0.946 bits per heavy atom. The minimum atomic E-state index is -1.36. The van der Waals surface area contributed by atoms with Crippen LogP contribution in [0.25, 0.3) is 22.5 Å². The van der Waals surface area contributed by atoms with Crippen LogP contribution in [0.4, 0.5) is 5.88 Å². The summed E-state index contributed by atoms with van der Waals surface area (Å²) in [4.78, 5) is 25.3. The van der Waals surface area contributed by atoms with Crippen molar-refractivity contribution >= 4 is 29.4 Å². The van der Waals surface area contributed by atoms with Crippen LogP contribution in [0.5, 0.6) is 5.75 Å². The fourth-order valence-electron chi connectivity index (χ4n) is 3.61. The molecule has 0 bridgehead atoms. The number of nitrogens with one attached hydrogen (secondary N) is 1. The average molecular weight is 515 g/mol. The second-order valence-electron chi connectivity index (χ2n) is 8.54. The van der Waals surface area contributed by atoms with E-state index in [9.17, 15) is 14.9 Å². The molecule has 1 amide bonds. The van der Waals surface area contributed by atoms with Gasteiger partial charge < -0.3 is 13.9 Å². The van der Waals surface area contributed by atoms with Crippen LogP contribution in [0.15, 0.2) is 89.3 Å². The third-order valence-corrected chi connectivity index (χ3v) is 5.64. The van der Waals surface area contributed by atoms with Crippen LogP contribution < -0.4 is 10.1 Å². The summed E-state index contributed by atoms with van der Waals surface area (Å²) in [6.07, 6.45) is 0. The topological polar surface area (TPSA) is 102 Å². The maximum absolute atomic E-state index is 12.7. The summed E-state index contributed by atoms with van der Waals surface area (Å²) < 4.78 is 16.9. The minimum absolute atomic E-state index is 0.0297. The standard InChI is InChI=1S/C29H23ClN2O5/c1-29(2,37-22-15-13-21(30)14-16-22)28(34)35-18-24(33)32-27-23(17-31)25(19-9-5-3-6-10-19)26(36-27)20-11-7-4-8-12-20/h3-16H,18H2,1-2H3,(H,32,33). The lowest BCUT2D eigenvalue weighted by atomic mass is 9.98. The van der Waals surface area contributed by atoms with E-state index in [1.165, 1.54) is 13.8 Å². The van der Waals surface area contributed by atoms with Gasteiger partial charge in [0, 0.05) is 16.1 Å². The number of carbonyl (C=O) groups is 2. The highest BCUT2D eigenvalue weighted by atomic mass is 35.5. The number of benzene rings is 3. The Morgan fingerprint density at radius 3 is 2.14 bits per heavy atom. The van der Waals surface area contributed by atoms with Crippen LogP contribution in [0.2, 0.25) is 5.02 Å². The lowest BCUT2D eigenvalue weighted by molar-refractivity contribution is -0.161. The second kappa shape index (κ2) is 11.0. The van der Waals surface area contributed by atoms with Gasteiger partial charge in [-0.1, -0.05) is 72.3 Å². The summed E-state index contributed by atoms with van der Waals surface area (Å²) in [6, 6.07) is 27.2. The minimum Gasteiger partial charge on any atom is -0.476 e. The highest BCUT2D eigenvalue weighted by Crippen LogP contribution is 2.41. The predicted molar refractivity (Wildman–Crippen MR) is 140 cm³/mol. The first-order chi connectivity index (χ1) is 17.8. The van der Waals surface area contributed by atoms with Gasteiger partial charge in [-0.3, -0.25) is 10.1 Å². The Labute approximate surface area is 219 Å². The zero-order chi connectivity index (χ0) is 26.4. The zero-order valence-electron chi connectivity index (χ0n) is 20.2. The number of amides is 1. The molecule has 7 nitrogen and oxygen atoms in total. The Bertz CT molecular complexity index is 1440. The number of anilines is 1. The Kier molecular flexibility index (Phi) is 7.61. The molecule has 4 aromatic rings. The van der Waals surface area contributed by atoms with E-state index in [4.69, 9.17) is 25.5 Å². The molecular formula is C29H23ClN2O5. The molecule has 0 aliphatic rings. The van der Waals surface area contributed by atoms with Crippen molar-refractivity contribution in [3.8, 4) is 34.3 Å². The summed E-state index contributed by atoms with van der Waals surface area (Å²) in [5, 5.41) is 13.0. The predicted octanol–water partition coefficient (Wildman–Crippen LogP) is 6.48. The molecule has 0 unspecified atom stereocenters. The Hall–Kier alpha value is -4.54. The molecule has 1 aromatic heterocycles. The van der Waals surface area contributed by atoms with E-state index in [1.54, 1.807) is 24.3 Å². The van der Waals surface area contributed by atoms with Crippen LogP contribution >= 0.6 is 11.6 Å². The van der Waals surface area contributed by atoms with E-state index >= 15 is 0 Å². The van der Waals surface area contributed by atoms with Crippen molar-refractivity contribution in [1.82, 2.24) is 0 Å². The molecule has 0 spiro atoms. The molecule has 3 aromatic carbocycles. The van der Waals surface area contributed by atoms with Crippen molar-refractivity contribution in [2.45, 2.75) is 19.4 Å². The van der Waals surface area contributed by atoms with E-state index in [-0.39, 0.29) is 11.4 Å². The first-order valence-corrected chi connectivity index (χ1v) is 11.8. The van der Waals surface area contributed by atoms with E-state index in [1.807, 2.05) is 60.7 Å². The molecule has 4 rings (SSSR count). The maximum atomic E-state index is 12.7. The van der Waals surface area contributed by atoms with Crippen LogP contribution in [0, 0.1) is 11.3 Å². The van der Waals surface area contributed by atoms with Gasteiger partial charge in [0.2, 0.25) is 5.88 Å². The SMILES string of the molecule is CC(C)(Oc1ccc(Cl)cc1)C(=O)OCC(=O)Nc1oc(-c2ccccc2)c(-c2ccccc2)c1C#N. The van der Waals surface area contributed by atoms with Crippen molar-refractivity contribution in [1.29, 1.82) is 5.26 Å². The van der Waals surface area contributed by atoms with Crippen LogP contribution in [0.3, 0.4) is 0 Å². The quantitative estimate of drug-likeness (QED) is 0.270. The van der Waals surface area contributed by atoms with Gasteiger partial charge in [0.1, 0.15) is 23.1 Å². The zero-order valence-corrected chi connectivity index (χ0v) is 20.9. The van der Waals surface area contributed by atoms with Gasteiger partial charge in [-0.25, -0.2) is 4.79 Å². The highest BCUT2D eigenvalue weighted by molar-refractivity contribution is 6.30. The number of carbonyl (C=O) groups excluding carboxylic acids is 2. The molecule has 0 aliphatic carbocycles. The first kappa shape index (κ1) is 25.5. The Morgan fingerprint density at radius 2 is 1.54 bits per heavy atom. The van der Waals surface area contributed by atoms with Crippen LogP contribution in [-0.4, -0.2) is 24.1 Å². The van der Waals surface area contributed by atoms with Gasteiger partial charge in [-0.05, 0) is 43.7 Å².